The molecule has 2 aromatic carbocycles. The first-order chi connectivity index (χ1) is 14.6. The summed E-state index contributed by atoms with van der Waals surface area (Å²) in [5.41, 5.74) is 1.67. The summed E-state index contributed by atoms with van der Waals surface area (Å²) >= 11 is 6.31. The third-order valence-electron chi connectivity index (χ3n) is 5.43. The van der Waals surface area contributed by atoms with E-state index in [-0.39, 0.29) is 5.78 Å². The maximum atomic E-state index is 12.7. The number of para-hydroxylation sites is 1. The van der Waals surface area contributed by atoms with Gasteiger partial charge in [0, 0.05) is 38.2 Å². The van der Waals surface area contributed by atoms with Gasteiger partial charge >= 0.3 is 0 Å². The van der Waals surface area contributed by atoms with Crippen LogP contribution in [0.25, 0.3) is 0 Å². The Morgan fingerprint density at radius 2 is 1.60 bits per heavy atom. The molecule has 0 aromatic heterocycles. The maximum Gasteiger partial charge on any atom is 0.203 e. The van der Waals surface area contributed by atoms with Crippen LogP contribution in [-0.4, -0.2) is 64.7 Å². The SMILES string of the molecule is COc1cc(C(=O)CCCN2CCN(c3ccccc3Cl)CC2)cc(OC)c1OC. The Morgan fingerprint density at radius 3 is 2.17 bits per heavy atom. The van der Waals surface area contributed by atoms with Crippen LogP contribution in [0.1, 0.15) is 23.2 Å². The number of hydrogen-bond donors (Lipinski definition) is 0. The Kier molecular flexibility index (Phi) is 7.82. The van der Waals surface area contributed by atoms with Gasteiger partial charge in [-0.05, 0) is 37.2 Å². The zero-order chi connectivity index (χ0) is 21.5. The van der Waals surface area contributed by atoms with E-state index in [4.69, 9.17) is 25.8 Å². The highest BCUT2D eigenvalue weighted by atomic mass is 35.5. The highest BCUT2D eigenvalue weighted by molar-refractivity contribution is 6.33. The second kappa shape index (κ2) is 10.5. The molecule has 30 heavy (non-hydrogen) atoms. The Bertz CT molecular complexity index is 841. The minimum Gasteiger partial charge on any atom is -0.493 e. The van der Waals surface area contributed by atoms with Crippen molar-refractivity contribution in [1.82, 2.24) is 4.90 Å². The first-order valence-electron chi connectivity index (χ1n) is 10.1. The summed E-state index contributed by atoms with van der Waals surface area (Å²) in [5, 5.41) is 0.793. The lowest BCUT2D eigenvalue weighted by Gasteiger charge is -2.36. The molecule has 1 fully saturated rings. The Hall–Kier alpha value is -2.44. The fourth-order valence-corrected chi connectivity index (χ4v) is 4.03. The third-order valence-corrected chi connectivity index (χ3v) is 5.75. The molecule has 0 aliphatic carbocycles. The van der Waals surface area contributed by atoms with Gasteiger partial charge in [0.1, 0.15) is 0 Å². The Balaban J connectivity index is 1.50. The molecule has 0 N–H and O–H groups in total. The standard InChI is InChI=1S/C23H29ClN2O4/c1-28-21-15-17(16-22(29-2)23(21)30-3)20(27)9-6-10-25-11-13-26(14-12-25)19-8-5-4-7-18(19)24/h4-5,7-8,15-16H,6,9-14H2,1-3H3. The van der Waals surface area contributed by atoms with Crippen molar-refractivity contribution < 1.29 is 19.0 Å². The Labute approximate surface area is 183 Å². The van der Waals surface area contributed by atoms with E-state index in [2.05, 4.69) is 15.9 Å². The van der Waals surface area contributed by atoms with Gasteiger partial charge in [0.2, 0.25) is 5.75 Å². The minimum absolute atomic E-state index is 0.0731. The fraction of sp³-hybridized carbons (Fsp3) is 0.435. The Morgan fingerprint density at radius 1 is 0.967 bits per heavy atom. The monoisotopic (exact) mass is 432 g/mol. The van der Waals surface area contributed by atoms with Crippen LogP contribution >= 0.6 is 11.6 Å². The predicted molar refractivity (Wildman–Crippen MR) is 120 cm³/mol. The topological polar surface area (TPSA) is 51.2 Å². The van der Waals surface area contributed by atoms with Crippen molar-refractivity contribution in [3.05, 3.63) is 47.0 Å². The first kappa shape index (κ1) is 22.2. The number of hydrogen-bond acceptors (Lipinski definition) is 6. The lowest BCUT2D eigenvalue weighted by atomic mass is 10.0. The highest BCUT2D eigenvalue weighted by Crippen LogP contribution is 2.38. The smallest absolute Gasteiger partial charge is 0.203 e. The summed E-state index contributed by atoms with van der Waals surface area (Å²) in [7, 11) is 4.65. The van der Waals surface area contributed by atoms with Crippen LogP contribution in [0.2, 0.25) is 5.02 Å². The molecule has 2 aromatic rings. The number of halogens is 1. The van der Waals surface area contributed by atoms with Gasteiger partial charge < -0.3 is 19.1 Å². The average molecular weight is 433 g/mol. The molecule has 0 saturated carbocycles. The van der Waals surface area contributed by atoms with Crippen LogP contribution in [-0.2, 0) is 0 Å². The lowest BCUT2D eigenvalue weighted by Crippen LogP contribution is -2.46. The summed E-state index contributed by atoms with van der Waals surface area (Å²) in [6.45, 7) is 4.69. The second-order valence-electron chi connectivity index (χ2n) is 7.22. The van der Waals surface area contributed by atoms with Crippen molar-refractivity contribution in [2.24, 2.45) is 0 Å². The number of benzene rings is 2. The molecule has 0 radical (unpaired) electrons. The third kappa shape index (κ3) is 5.18. The largest absolute Gasteiger partial charge is 0.493 e. The van der Waals surface area contributed by atoms with E-state index in [1.54, 1.807) is 33.5 Å². The number of ether oxygens (including phenoxy) is 3. The van der Waals surface area contributed by atoms with Gasteiger partial charge in [0.25, 0.3) is 0 Å². The molecular formula is C23H29ClN2O4. The van der Waals surface area contributed by atoms with E-state index in [0.29, 0.717) is 29.2 Å². The molecule has 1 aliphatic rings. The van der Waals surface area contributed by atoms with Crippen molar-refractivity contribution in [2.75, 3.05) is 59.0 Å². The highest BCUT2D eigenvalue weighted by Gasteiger charge is 2.20. The van der Waals surface area contributed by atoms with Gasteiger partial charge in [-0.1, -0.05) is 23.7 Å². The number of Topliss-reactive ketones (excluding diaryl/α,β-unsaturated/α-hetero) is 1. The first-order valence-corrected chi connectivity index (χ1v) is 10.5. The maximum absolute atomic E-state index is 12.7. The predicted octanol–water partition coefficient (Wildman–Crippen LogP) is 4.15. The van der Waals surface area contributed by atoms with Crippen molar-refractivity contribution in [1.29, 1.82) is 0 Å². The van der Waals surface area contributed by atoms with Gasteiger partial charge in [-0.25, -0.2) is 0 Å². The molecule has 3 rings (SSSR count). The zero-order valence-corrected chi connectivity index (χ0v) is 18.6. The van der Waals surface area contributed by atoms with Crippen LogP contribution in [0.4, 0.5) is 5.69 Å². The van der Waals surface area contributed by atoms with Crippen molar-refractivity contribution in [2.45, 2.75) is 12.8 Å². The van der Waals surface area contributed by atoms with E-state index in [9.17, 15) is 4.79 Å². The molecule has 1 heterocycles. The summed E-state index contributed by atoms with van der Waals surface area (Å²) in [6, 6.07) is 11.4. The molecule has 1 saturated heterocycles. The average Bonchev–Trinajstić information content (AvgIpc) is 2.78. The molecule has 1 aliphatic heterocycles. The van der Waals surface area contributed by atoms with E-state index >= 15 is 0 Å². The van der Waals surface area contributed by atoms with Crippen LogP contribution in [0.5, 0.6) is 17.2 Å². The summed E-state index contributed by atoms with van der Waals surface area (Å²) in [6.07, 6.45) is 1.28. The molecule has 0 bridgehead atoms. The number of rotatable bonds is 9. The summed E-state index contributed by atoms with van der Waals surface area (Å²) < 4.78 is 16.0. The van der Waals surface area contributed by atoms with E-state index in [1.165, 1.54) is 0 Å². The number of nitrogens with zero attached hydrogens (tertiary/aromatic N) is 2. The lowest BCUT2D eigenvalue weighted by molar-refractivity contribution is 0.0973. The van der Waals surface area contributed by atoms with Gasteiger partial charge in [-0.3, -0.25) is 9.69 Å². The molecule has 0 unspecified atom stereocenters. The number of methoxy groups -OCH3 is 3. The van der Waals surface area contributed by atoms with Crippen molar-refractivity contribution >= 4 is 23.1 Å². The number of piperazine rings is 1. The van der Waals surface area contributed by atoms with Crippen LogP contribution < -0.4 is 19.1 Å². The fourth-order valence-electron chi connectivity index (χ4n) is 3.77. The van der Waals surface area contributed by atoms with Crippen molar-refractivity contribution in [3.63, 3.8) is 0 Å². The molecule has 0 amide bonds. The number of anilines is 1. The quantitative estimate of drug-likeness (QED) is 0.555. The zero-order valence-electron chi connectivity index (χ0n) is 17.8. The van der Waals surface area contributed by atoms with E-state index < -0.39 is 0 Å². The summed E-state index contributed by atoms with van der Waals surface area (Å²) in [5.74, 6) is 1.56. The molecule has 7 heteroatoms. The molecule has 162 valence electrons. The van der Waals surface area contributed by atoms with Gasteiger partial charge in [0.05, 0.1) is 32.0 Å². The van der Waals surface area contributed by atoms with Crippen LogP contribution in [0.15, 0.2) is 36.4 Å². The van der Waals surface area contributed by atoms with E-state index in [0.717, 1.165) is 49.9 Å². The molecule has 0 atom stereocenters. The van der Waals surface area contributed by atoms with Crippen LogP contribution in [0.3, 0.4) is 0 Å². The van der Waals surface area contributed by atoms with Gasteiger partial charge in [-0.15, -0.1) is 0 Å². The molecular weight excluding hydrogens is 404 g/mol. The second-order valence-corrected chi connectivity index (χ2v) is 7.63. The van der Waals surface area contributed by atoms with Crippen LogP contribution in [0, 0.1) is 0 Å². The number of ketones is 1. The van der Waals surface area contributed by atoms with Gasteiger partial charge in [-0.2, -0.15) is 0 Å². The molecule has 0 spiro atoms. The summed E-state index contributed by atoms with van der Waals surface area (Å²) in [4.78, 5) is 17.4. The number of carbonyl (C=O) groups is 1. The van der Waals surface area contributed by atoms with Gasteiger partial charge in [0.15, 0.2) is 17.3 Å². The minimum atomic E-state index is 0.0731. The van der Waals surface area contributed by atoms with Crippen molar-refractivity contribution in [3.8, 4) is 17.2 Å². The van der Waals surface area contributed by atoms with E-state index in [1.807, 2.05) is 18.2 Å². The normalized spacial score (nSPS) is 14.5. The number of carbonyl (C=O) groups excluding carboxylic acids is 1. The molecule has 6 nitrogen and oxygen atoms in total.